The van der Waals surface area contributed by atoms with E-state index in [1.807, 2.05) is 0 Å². The number of hydrogen-bond donors (Lipinski definition) is 1. The Morgan fingerprint density at radius 3 is 3.09 bits per heavy atom. The van der Waals surface area contributed by atoms with E-state index in [-0.39, 0.29) is 5.82 Å². The summed E-state index contributed by atoms with van der Waals surface area (Å²) in [7, 11) is 0. The summed E-state index contributed by atoms with van der Waals surface area (Å²) in [4.78, 5) is 3.61. The molecule has 2 nitrogen and oxygen atoms in total. The van der Waals surface area contributed by atoms with Gasteiger partial charge in [-0.1, -0.05) is 12.2 Å². The molecule has 3 heteroatoms. The Balaban J connectivity index is 2.86. The van der Waals surface area contributed by atoms with E-state index in [0.717, 1.165) is 0 Å². The molecular weight excluding hydrogens is 143 g/mol. The van der Waals surface area contributed by atoms with Crippen molar-refractivity contribution >= 4 is 6.08 Å². The predicted molar refractivity (Wildman–Crippen MR) is 42.3 cm³/mol. The highest BCUT2D eigenvalue weighted by Crippen LogP contribution is 2.05. The molecule has 1 aromatic heterocycles. The van der Waals surface area contributed by atoms with Crippen molar-refractivity contribution in [1.29, 1.82) is 0 Å². The summed E-state index contributed by atoms with van der Waals surface area (Å²) >= 11 is 0. The summed E-state index contributed by atoms with van der Waals surface area (Å²) in [6.45, 7) is 0.418. The number of rotatable bonds is 2. The smallest absolute Gasteiger partial charge is 0.148 e. The Hall–Kier alpha value is -1.22. The first-order valence-electron chi connectivity index (χ1n) is 3.30. The maximum Gasteiger partial charge on any atom is 0.148 e. The summed E-state index contributed by atoms with van der Waals surface area (Å²) in [6.07, 6.45) is 6.05. The van der Waals surface area contributed by atoms with Crippen molar-refractivity contribution in [2.45, 2.75) is 0 Å². The van der Waals surface area contributed by atoms with Crippen LogP contribution in [0.25, 0.3) is 6.08 Å². The third kappa shape index (κ3) is 2.13. The van der Waals surface area contributed by atoms with Gasteiger partial charge < -0.3 is 5.73 Å². The molecule has 0 aliphatic carbocycles. The van der Waals surface area contributed by atoms with E-state index in [2.05, 4.69) is 4.98 Å². The molecule has 0 amide bonds. The molecule has 0 aliphatic heterocycles. The summed E-state index contributed by atoms with van der Waals surface area (Å²) in [5.74, 6) is -0.322. The lowest BCUT2D eigenvalue weighted by Crippen LogP contribution is -1.92. The van der Waals surface area contributed by atoms with E-state index < -0.39 is 0 Å². The van der Waals surface area contributed by atoms with E-state index >= 15 is 0 Å². The van der Waals surface area contributed by atoms with E-state index in [1.54, 1.807) is 24.4 Å². The van der Waals surface area contributed by atoms with Crippen LogP contribution in [0.15, 0.2) is 24.5 Å². The zero-order valence-electron chi connectivity index (χ0n) is 6.00. The van der Waals surface area contributed by atoms with Crippen molar-refractivity contribution < 1.29 is 4.39 Å². The van der Waals surface area contributed by atoms with Gasteiger partial charge in [-0.3, -0.25) is 4.98 Å². The highest BCUT2D eigenvalue weighted by Gasteiger charge is 1.94. The van der Waals surface area contributed by atoms with Crippen LogP contribution in [-0.2, 0) is 0 Å². The van der Waals surface area contributed by atoms with Crippen LogP contribution in [0.5, 0.6) is 0 Å². The molecule has 0 radical (unpaired) electrons. The monoisotopic (exact) mass is 152 g/mol. The molecule has 2 N–H and O–H groups in total. The van der Waals surface area contributed by atoms with Crippen LogP contribution in [0.1, 0.15) is 5.56 Å². The Kier molecular flexibility index (Phi) is 2.74. The highest BCUT2D eigenvalue weighted by molar-refractivity contribution is 5.48. The second-order valence-corrected chi connectivity index (χ2v) is 2.04. The summed E-state index contributed by atoms with van der Waals surface area (Å²) in [5.41, 5.74) is 5.72. The fourth-order valence-corrected chi connectivity index (χ4v) is 0.716. The number of pyridine rings is 1. The van der Waals surface area contributed by atoms with E-state index in [1.165, 1.54) is 6.20 Å². The summed E-state index contributed by atoms with van der Waals surface area (Å²) < 4.78 is 12.8. The van der Waals surface area contributed by atoms with Gasteiger partial charge in [-0.05, 0) is 6.07 Å². The molecule has 0 aromatic carbocycles. The average Bonchev–Trinajstić information content (AvgIpc) is 2.03. The molecule has 0 bridgehead atoms. The molecule has 0 saturated heterocycles. The molecule has 0 fully saturated rings. The van der Waals surface area contributed by atoms with Crippen molar-refractivity contribution in [2.75, 3.05) is 6.54 Å². The summed E-state index contributed by atoms with van der Waals surface area (Å²) in [6, 6.07) is 1.60. The van der Waals surface area contributed by atoms with Crippen LogP contribution in [0.2, 0.25) is 0 Å². The van der Waals surface area contributed by atoms with Crippen LogP contribution < -0.4 is 5.73 Å². The average molecular weight is 152 g/mol. The number of halogens is 1. The Morgan fingerprint density at radius 1 is 1.64 bits per heavy atom. The predicted octanol–water partition coefficient (Wildman–Crippen LogP) is 1.19. The SMILES string of the molecule is NC/C=C/c1ccncc1F. The van der Waals surface area contributed by atoms with Gasteiger partial charge in [0.15, 0.2) is 0 Å². The molecule has 0 aliphatic rings. The van der Waals surface area contributed by atoms with Gasteiger partial charge in [0, 0.05) is 18.3 Å². The fourth-order valence-electron chi connectivity index (χ4n) is 0.716. The summed E-state index contributed by atoms with van der Waals surface area (Å²) in [5, 5.41) is 0. The van der Waals surface area contributed by atoms with E-state index in [0.29, 0.717) is 12.1 Å². The standard InChI is InChI=1S/C8H9FN2/c9-8-6-11-5-3-7(8)2-1-4-10/h1-3,5-6H,4,10H2/b2-1+. The van der Waals surface area contributed by atoms with Crippen LogP contribution in [0, 0.1) is 5.82 Å². The molecule has 1 aromatic rings. The number of aromatic nitrogens is 1. The normalized spacial score (nSPS) is 10.7. The maximum absolute atomic E-state index is 12.8. The Labute approximate surface area is 64.6 Å². The molecule has 11 heavy (non-hydrogen) atoms. The first-order valence-corrected chi connectivity index (χ1v) is 3.30. The molecule has 1 heterocycles. The van der Waals surface area contributed by atoms with Crippen LogP contribution in [0.4, 0.5) is 4.39 Å². The number of hydrogen-bond acceptors (Lipinski definition) is 2. The Bertz CT molecular complexity index is 258. The molecular formula is C8H9FN2. The van der Waals surface area contributed by atoms with Crippen molar-refractivity contribution in [1.82, 2.24) is 4.98 Å². The van der Waals surface area contributed by atoms with Gasteiger partial charge >= 0.3 is 0 Å². The van der Waals surface area contributed by atoms with E-state index in [9.17, 15) is 4.39 Å². The second kappa shape index (κ2) is 3.83. The van der Waals surface area contributed by atoms with Crippen molar-refractivity contribution in [3.05, 3.63) is 35.9 Å². The first-order chi connectivity index (χ1) is 5.34. The largest absolute Gasteiger partial charge is 0.327 e. The maximum atomic E-state index is 12.8. The van der Waals surface area contributed by atoms with Crippen molar-refractivity contribution in [2.24, 2.45) is 5.73 Å². The molecule has 1 rings (SSSR count). The van der Waals surface area contributed by atoms with Gasteiger partial charge in [-0.25, -0.2) is 4.39 Å². The minimum atomic E-state index is -0.322. The zero-order chi connectivity index (χ0) is 8.10. The molecule has 0 unspecified atom stereocenters. The first kappa shape index (κ1) is 7.88. The van der Waals surface area contributed by atoms with Crippen LogP contribution >= 0.6 is 0 Å². The Morgan fingerprint density at radius 2 is 2.45 bits per heavy atom. The van der Waals surface area contributed by atoms with Crippen LogP contribution in [-0.4, -0.2) is 11.5 Å². The van der Waals surface area contributed by atoms with E-state index in [4.69, 9.17) is 5.73 Å². The lowest BCUT2D eigenvalue weighted by atomic mass is 10.2. The quantitative estimate of drug-likeness (QED) is 0.691. The number of nitrogens with zero attached hydrogens (tertiary/aromatic N) is 1. The molecule has 0 spiro atoms. The fraction of sp³-hybridized carbons (Fsp3) is 0.125. The minimum Gasteiger partial charge on any atom is -0.327 e. The third-order valence-corrected chi connectivity index (χ3v) is 1.24. The van der Waals surface area contributed by atoms with Gasteiger partial charge in [-0.15, -0.1) is 0 Å². The highest BCUT2D eigenvalue weighted by atomic mass is 19.1. The van der Waals surface area contributed by atoms with Gasteiger partial charge in [-0.2, -0.15) is 0 Å². The third-order valence-electron chi connectivity index (χ3n) is 1.24. The zero-order valence-corrected chi connectivity index (χ0v) is 6.00. The lowest BCUT2D eigenvalue weighted by Gasteiger charge is -1.92. The van der Waals surface area contributed by atoms with Crippen molar-refractivity contribution in [3.63, 3.8) is 0 Å². The van der Waals surface area contributed by atoms with Gasteiger partial charge in [0.05, 0.1) is 6.20 Å². The number of nitrogens with two attached hydrogens (primary N) is 1. The molecule has 0 saturated carbocycles. The lowest BCUT2D eigenvalue weighted by molar-refractivity contribution is 0.618. The van der Waals surface area contributed by atoms with Gasteiger partial charge in [0.25, 0.3) is 0 Å². The van der Waals surface area contributed by atoms with Gasteiger partial charge in [0.1, 0.15) is 5.82 Å². The van der Waals surface area contributed by atoms with Crippen molar-refractivity contribution in [3.8, 4) is 0 Å². The minimum absolute atomic E-state index is 0.322. The van der Waals surface area contributed by atoms with Gasteiger partial charge in [0.2, 0.25) is 0 Å². The molecule has 0 atom stereocenters. The molecule has 58 valence electrons. The topological polar surface area (TPSA) is 38.9 Å². The van der Waals surface area contributed by atoms with Crippen LogP contribution in [0.3, 0.4) is 0 Å². The second-order valence-electron chi connectivity index (χ2n) is 2.04.